The number of aryl methyl sites for hydroxylation is 1. The lowest BCUT2D eigenvalue weighted by atomic mass is 9.98. The summed E-state index contributed by atoms with van der Waals surface area (Å²) >= 11 is 0. The molecule has 0 fully saturated rings. The summed E-state index contributed by atoms with van der Waals surface area (Å²) in [5.74, 6) is -0.578. The molecule has 0 aliphatic heterocycles. The van der Waals surface area contributed by atoms with Crippen LogP contribution in [0.1, 0.15) is 43.5 Å². The van der Waals surface area contributed by atoms with E-state index in [2.05, 4.69) is 24.4 Å². The van der Waals surface area contributed by atoms with Gasteiger partial charge in [0.2, 0.25) is 5.91 Å². The summed E-state index contributed by atoms with van der Waals surface area (Å²) < 4.78 is 0. The molecule has 2 aromatic rings. The molecule has 0 bridgehead atoms. The highest BCUT2D eigenvalue weighted by atomic mass is 16.3. The Morgan fingerprint density at radius 3 is 2.21 bits per heavy atom. The van der Waals surface area contributed by atoms with Gasteiger partial charge in [-0.05, 0) is 48.6 Å². The quantitative estimate of drug-likeness (QED) is 0.708. The van der Waals surface area contributed by atoms with Gasteiger partial charge < -0.3 is 15.5 Å². The van der Waals surface area contributed by atoms with Crippen LogP contribution in [0.3, 0.4) is 0 Å². The Labute approximate surface area is 143 Å². The molecular formula is C20H25NO3. The minimum absolute atomic E-state index is 0.0327. The molecule has 0 spiro atoms. The fourth-order valence-electron chi connectivity index (χ4n) is 2.62. The van der Waals surface area contributed by atoms with Crippen LogP contribution in [0.2, 0.25) is 0 Å². The lowest BCUT2D eigenvalue weighted by Gasteiger charge is -2.18. The van der Waals surface area contributed by atoms with Crippen LogP contribution in [0.25, 0.3) is 0 Å². The Balaban J connectivity index is 1.95. The third-order valence-corrected chi connectivity index (χ3v) is 4.28. The molecule has 3 N–H and O–H groups in total. The van der Waals surface area contributed by atoms with Gasteiger partial charge in [-0.3, -0.25) is 4.79 Å². The van der Waals surface area contributed by atoms with E-state index in [0.29, 0.717) is 6.42 Å². The predicted octanol–water partition coefficient (Wildman–Crippen LogP) is 3.72. The molecule has 0 aliphatic carbocycles. The molecular weight excluding hydrogens is 302 g/mol. The second-order valence-electron chi connectivity index (χ2n) is 6.25. The average molecular weight is 327 g/mol. The number of carbonyl (C=O) groups is 1. The molecule has 0 aliphatic rings. The summed E-state index contributed by atoms with van der Waals surface area (Å²) in [6.45, 7) is 5.94. The highest BCUT2D eigenvalue weighted by Gasteiger charge is 2.17. The maximum absolute atomic E-state index is 12.4. The highest BCUT2D eigenvalue weighted by molar-refractivity contribution is 5.79. The molecule has 2 atom stereocenters. The maximum atomic E-state index is 12.4. The Kier molecular flexibility index (Phi) is 5.85. The summed E-state index contributed by atoms with van der Waals surface area (Å²) in [6.07, 6.45) is 1.50. The van der Waals surface area contributed by atoms with Crippen molar-refractivity contribution in [3.05, 3.63) is 59.2 Å². The number of benzene rings is 2. The van der Waals surface area contributed by atoms with Crippen LogP contribution in [0, 0.1) is 5.92 Å². The molecule has 4 nitrogen and oxygen atoms in total. The van der Waals surface area contributed by atoms with Crippen LogP contribution < -0.4 is 5.32 Å². The fourth-order valence-corrected chi connectivity index (χ4v) is 2.62. The van der Waals surface area contributed by atoms with E-state index in [-0.39, 0.29) is 29.4 Å². The normalized spacial score (nSPS) is 13.3. The molecule has 2 unspecified atom stereocenters. The van der Waals surface area contributed by atoms with Crippen LogP contribution >= 0.6 is 0 Å². The minimum Gasteiger partial charge on any atom is -0.504 e. The van der Waals surface area contributed by atoms with Gasteiger partial charge in [-0.25, -0.2) is 0 Å². The van der Waals surface area contributed by atoms with Gasteiger partial charge in [-0.1, -0.05) is 44.2 Å². The number of aromatic hydroxyl groups is 2. The summed E-state index contributed by atoms with van der Waals surface area (Å²) in [6, 6.07) is 12.9. The number of hydrogen-bond acceptors (Lipinski definition) is 3. The van der Waals surface area contributed by atoms with Crippen LogP contribution in [0.15, 0.2) is 42.5 Å². The van der Waals surface area contributed by atoms with E-state index >= 15 is 0 Å². The first-order valence-electron chi connectivity index (χ1n) is 8.30. The Bertz CT molecular complexity index is 695. The second-order valence-corrected chi connectivity index (χ2v) is 6.25. The van der Waals surface area contributed by atoms with Gasteiger partial charge in [0.05, 0.1) is 6.04 Å². The molecule has 24 heavy (non-hydrogen) atoms. The fraction of sp³-hybridized carbons (Fsp3) is 0.350. The Hall–Kier alpha value is -2.49. The van der Waals surface area contributed by atoms with E-state index < -0.39 is 0 Å². The van der Waals surface area contributed by atoms with Crippen LogP contribution in [-0.4, -0.2) is 16.1 Å². The van der Waals surface area contributed by atoms with Crippen LogP contribution in [-0.2, 0) is 17.6 Å². The largest absolute Gasteiger partial charge is 0.504 e. The van der Waals surface area contributed by atoms with Crippen molar-refractivity contribution < 1.29 is 15.0 Å². The van der Waals surface area contributed by atoms with E-state index in [1.54, 1.807) is 6.07 Å². The van der Waals surface area contributed by atoms with E-state index in [9.17, 15) is 15.0 Å². The zero-order valence-electron chi connectivity index (χ0n) is 14.4. The summed E-state index contributed by atoms with van der Waals surface area (Å²) in [7, 11) is 0. The molecule has 0 heterocycles. The SMILES string of the molecule is CCc1ccc(C(C)NC(=O)C(C)Cc2ccc(O)c(O)c2)cc1. The molecule has 2 rings (SSSR count). The summed E-state index contributed by atoms with van der Waals surface area (Å²) in [5.41, 5.74) is 3.17. The third-order valence-electron chi connectivity index (χ3n) is 4.28. The summed E-state index contributed by atoms with van der Waals surface area (Å²) in [4.78, 5) is 12.4. The van der Waals surface area contributed by atoms with Gasteiger partial charge in [0, 0.05) is 5.92 Å². The average Bonchev–Trinajstić information content (AvgIpc) is 2.58. The van der Waals surface area contributed by atoms with Gasteiger partial charge in [0.25, 0.3) is 0 Å². The molecule has 0 aromatic heterocycles. The topological polar surface area (TPSA) is 69.6 Å². The van der Waals surface area contributed by atoms with Gasteiger partial charge in [0.15, 0.2) is 11.5 Å². The van der Waals surface area contributed by atoms with Crippen molar-refractivity contribution in [1.82, 2.24) is 5.32 Å². The number of phenolic OH excluding ortho intramolecular Hbond substituents is 2. The van der Waals surface area contributed by atoms with Gasteiger partial charge >= 0.3 is 0 Å². The monoisotopic (exact) mass is 327 g/mol. The van der Waals surface area contributed by atoms with Crippen molar-refractivity contribution in [3.8, 4) is 11.5 Å². The van der Waals surface area contributed by atoms with Gasteiger partial charge in [-0.15, -0.1) is 0 Å². The lowest BCUT2D eigenvalue weighted by Crippen LogP contribution is -2.32. The Morgan fingerprint density at radius 1 is 1.00 bits per heavy atom. The van der Waals surface area contributed by atoms with Crippen LogP contribution in [0.5, 0.6) is 11.5 Å². The number of carbonyl (C=O) groups excluding carboxylic acids is 1. The van der Waals surface area contributed by atoms with Crippen molar-refractivity contribution >= 4 is 5.91 Å². The molecule has 0 saturated carbocycles. The van der Waals surface area contributed by atoms with Crippen molar-refractivity contribution in [2.75, 3.05) is 0 Å². The predicted molar refractivity (Wildman–Crippen MR) is 95.0 cm³/mol. The third kappa shape index (κ3) is 4.51. The second kappa shape index (κ2) is 7.86. The number of phenols is 2. The van der Waals surface area contributed by atoms with E-state index in [0.717, 1.165) is 17.5 Å². The zero-order chi connectivity index (χ0) is 17.7. The minimum atomic E-state index is -0.230. The molecule has 1 amide bonds. The van der Waals surface area contributed by atoms with Gasteiger partial charge in [-0.2, -0.15) is 0 Å². The first-order chi connectivity index (χ1) is 11.4. The smallest absolute Gasteiger partial charge is 0.223 e. The highest BCUT2D eigenvalue weighted by Crippen LogP contribution is 2.26. The molecule has 4 heteroatoms. The first-order valence-corrected chi connectivity index (χ1v) is 8.30. The number of nitrogens with one attached hydrogen (secondary N) is 1. The van der Waals surface area contributed by atoms with Crippen molar-refractivity contribution in [1.29, 1.82) is 0 Å². The molecule has 2 aromatic carbocycles. The molecule has 128 valence electrons. The van der Waals surface area contributed by atoms with E-state index in [1.807, 2.05) is 26.0 Å². The first kappa shape index (κ1) is 17.9. The van der Waals surface area contributed by atoms with E-state index in [1.165, 1.54) is 17.7 Å². The molecule has 0 radical (unpaired) electrons. The van der Waals surface area contributed by atoms with Gasteiger partial charge in [0.1, 0.15) is 0 Å². The van der Waals surface area contributed by atoms with E-state index in [4.69, 9.17) is 0 Å². The van der Waals surface area contributed by atoms with Crippen molar-refractivity contribution in [3.63, 3.8) is 0 Å². The van der Waals surface area contributed by atoms with Crippen LogP contribution in [0.4, 0.5) is 0 Å². The van der Waals surface area contributed by atoms with Crippen molar-refractivity contribution in [2.24, 2.45) is 5.92 Å². The van der Waals surface area contributed by atoms with Crippen molar-refractivity contribution in [2.45, 2.75) is 39.7 Å². The summed E-state index contributed by atoms with van der Waals surface area (Å²) in [5, 5.41) is 21.9. The number of rotatable bonds is 6. The number of hydrogen-bond donors (Lipinski definition) is 3. The standard InChI is InChI=1S/C20H25NO3/c1-4-15-5-8-17(9-6-15)14(3)21-20(24)13(2)11-16-7-10-18(22)19(23)12-16/h5-10,12-14,22-23H,4,11H2,1-3H3,(H,21,24). The Morgan fingerprint density at radius 2 is 1.62 bits per heavy atom. The zero-order valence-corrected chi connectivity index (χ0v) is 14.4. The molecule has 0 saturated heterocycles. The maximum Gasteiger partial charge on any atom is 0.223 e. The lowest BCUT2D eigenvalue weighted by molar-refractivity contribution is -0.125. The number of amides is 1.